The summed E-state index contributed by atoms with van der Waals surface area (Å²) in [5.41, 5.74) is 1.39. The SMILES string of the molecule is COC(=O)c1c(NC(=O)[C@H](C)Oc2ccccc2F)sc2c1CCCC2. The molecule has 1 atom stereocenters. The van der Waals surface area contributed by atoms with Gasteiger partial charge in [0.2, 0.25) is 0 Å². The molecule has 2 aromatic rings. The number of benzene rings is 1. The molecule has 1 aromatic heterocycles. The number of ether oxygens (including phenoxy) is 2. The van der Waals surface area contributed by atoms with Crippen LogP contribution in [-0.4, -0.2) is 25.1 Å². The van der Waals surface area contributed by atoms with Crippen molar-refractivity contribution in [3.63, 3.8) is 0 Å². The summed E-state index contributed by atoms with van der Waals surface area (Å²) in [7, 11) is 1.32. The number of para-hydroxylation sites is 1. The Morgan fingerprint density at radius 1 is 1.23 bits per heavy atom. The minimum Gasteiger partial charge on any atom is -0.478 e. The molecule has 0 aliphatic heterocycles. The number of carbonyl (C=O) groups is 2. The molecule has 138 valence electrons. The van der Waals surface area contributed by atoms with Crippen molar-refractivity contribution < 1.29 is 23.5 Å². The Labute approximate surface area is 155 Å². The molecule has 1 N–H and O–H groups in total. The van der Waals surface area contributed by atoms with E-state index >= 15 is 0 Å². The lowest BCUT2D eigenvalue weighted by molar-refractivity contribution is -0.122. The lowest BCUT2D eigenvalue weighted by atomic mass is 9.95. The first-order chi connectivity index (χ1) is 12.5. The van der Waals surface area contributed by atoms with Crippen LogP contribution in [-0.2, 0) is 22.4 Å². The highest BCUT2D eigenvalue weighted by atomic mass is 32.1. The normalized spacial score (nSPS) is 14.3. The number of thiophene rings is 1. The number of halogens is 1. The van der Waals surface area contributed by atoms with Crippen molar-refractivity contribution in [2.45, 2.75) is 38.7 Å². The number of nitrogens with one attached hydrogen (secondary N) is 1. The molecule has 26 heavy (non-hydrogen) atoms. The highest BCUT2D eigenvalue weighted by Gasteiger charge is 2.28. The fraction of sp³-hybridized carbons (Fsp3) is 0.368. The molecule has 0 bridgehead atoms. The van der Waals surface area contributed by atoms with Crippen molar-refractivity contribution in [1.82, 2.24) is 0 Å². The van der Waals surface area contributed by atoms with Crippen molar-refractivity contribution in [2.24, 2.45) is 0 Å². The predicted octanol–water partition coefficient (Wildman–Crippen LogP) is 3.96. The number of hydrogen-bond donors (Lipinski definition) is 1. The Morgan fingerprint density at radius 2 is 1.96 bits per heavy atom. The Hall–Kier alpha value is -2.41. The maximum atomic E-state index is 13.7. The van der Waals surface area contributed by atoms with Crippen molar-refractivity contribution in [3.05, 3.63) is 46.1 Å². The van der Waals surface area contributed by atoms with Crippen LogP contribution < -0.4 is 10.1 Å². The van der Waals surface area contributed by atoms with Crippen molar-refractivity contribution in [3.8, 4) is 5.75 Å². The third kappa shape index (κ3) is 3.72. The van der Waals surface area contributed by atoms with Crippen LogP contribution in [0.15, 0.2) is 24.3 Å². The van der Waals surface area contributed by atoms with Crippen molar-refractivity contribution >= 4 is 28.2 Å². The maximum absolute atomic E-state index is 13.7. The van der Waals surface area contributed by atoms with Gasteiger partial charge in [-0.15, -0.1) is 11.3 Å². The summed E-state index contributed by atoms with van der Waals surface area (Å²) < 4.78 is 24.0. The van der Waals surface area contributed by atoms with Gasteiger partial charge in [-0.3, -0.25) is 4.79 Å². The molecule has 1 aliphatic carbocycles. The van der Waals surface area contributed by atoms with E-state index in [-0.39, 0.29) is 5.75 Å². The van der Waals surface area contributed by atoms with Crippen LogP contribution in [0.5, 0.6) is 5.75 Å². The van der Waals surface area contributed by atoms with Crippen molar-refractivity contribution in [1.29, 1.82) is 0 Å². The van der Waals surface area contributed by atoms with Gasteiger partial charge in [0.15, 0.2) is 17.7 Å². The molecule has 0 unspecified atom stereocenters. The molecular weight excluding hydrogens is 357 g/mol. The van der Waals surface area contributed by atoms with E-state index in [0.717, 1.165) is 36.1 Å². The first-order valence-corrected chi connectivity index (χ1v) is 9.27. The van der Waals surface area contributed by atoms with E-state index in [9.17, 15) is 14.0 Å². The van der Waals surface area contributed by atoms with Gasteiger partial charge >= 0.3 is 5.97 Å². The average Bonchev–Trinajstić information content (AvgIpc) is 3.00. The zero-order chi connectivity index (χ0) is 18.7. The molecule has 0 saturated heterocycles. The fourth-order valence-electron chi connectivity index (χ4n) is 2.97. The standard InChI is InChI=1S/C19H20FNO4S/c1-11(25-14-9-5-4-8-13(14)20)17(22)21-18-16(19(23)24-2)12-7-3-6-10-15(12)26-18/h4-5,8-9,11H,3,6-7,10H2,1-2H3,(H,21,22)/t11-/m0/s1. The van der Waals surface area contributed by atoms with E-state index in [1.54, 1.807) is 12.1 Å². The van der Waals surface area contributed by atoms with Crippen LogP contribution in [0.25, 0.3) is 0 Å². The van der Waals surface area contributed by atoms with E-state index in [1.165, 1.54) is 37.5 Å². The molecule has 0 radical (unpaired) electrons. The number of fused-ring (bicyclic) bond motifs is 1. The first-order valence-electron chi connectivity index (χ1n) is 8.46. The molecular formula is C19H20FNO4S. The number of esters is 1. The second-order valence-electron chi connectivity index (χ2n) is 6.09. The third-order valence-corrected chi connectivity index (χ3v) is 5.51. The minimum atomic E-state index is -0.920. The van der Waals surface area contributed by atoms with Gasteiger partial charge in [-0.05, 0) is 50.3 Å². The quantitative estimate of drug-likeness (QED) is 0.801. The summed E-state index contributed by atoms with van der Waals surface area (Å²) in [6.45, 7) is 1.53. The summed E-state index contributed by atoms with van der Waals surface area (Å²) in [6.07, 6.45) is 2.84. The zero-order valence-electron chi connectivity index (χ0n) is 14.6. The summed E-state index contributed by atoms with van der Waals surface area (Å²) in [5, 5.41) is 3.22. The molecule has 0 spiro atoms. The zero-order valence-corrected chi connectivity index (χ0v) is 15.5. The van der Waals surface area contributed by atoms with E-state index in [1.807, 2.05) is 0 Å². The number of aryl methyl sites for hydroxylation is 1. The van der Waals surface area contributed by atoms with E-state index in [2.05, 4.69) is 5.32 Å². The topological polar surface area (TPSA) is 64.6 Å². The molecule has 3 rings (SSSR count). The van der Waals surface area contributed by atoms with Crippen molar-refractivity contribution in [2.75, 3.05) is 12.4 Å². The summed E-state index contributed by atoms with van der Waals surface area (Å²) >= 11 is 1.40. The second kappa shape index (κ2) is 7.86. The molecule has 1 amide bonds. The van der Waals surface area contributed by atoms with Crippen LogP contribution in [0, 0.1) is 5.82 Å². The van der Waals surface area contributed by atoms with Gasteiger partial charge in [0.1, 0.15) is 5.00 Å². The number of rotatable bonds is 5. The molecule has 7 heteroatoms. The van der Waals surface area contributed by atoms with Gasteiger partial charge in [-0.1, -0.05) is 12.1 Å². The summed E-state index contributed by atoms with van der Waals surface area (Å²) in [6, 6.07) is 5.91. The molecule has 0 saturated carbocycles. The van der Waals surface area contributed by atoms with Gasteiger partial charge in [0.25, 0.3) is 5.91 Å². The smallest absolute Gasteiger partial charge is 0.341 e. The highest BCUT2D eigenvalue weighted by molar-refractivity contribution is 7.17. The first kappa shape index (κ1) is 18.4. The Kier molecular flexibility index (Phi) is 5.56. The summed E-state index contributed by atoms with van der Waals surface area (Å²) in [4.78, 5) is 25.8. The average molecular weight is 377 g/mol. The molecule has 1 aliphatic rings. The van der Waals surface area contributed by atoms with Gasteiger partial charge in [-0.25, -0.2) is 9.18 Å². The van der Waals surface area contributed by atoms with E-state index < -0.39 is 23.8 Å². The number of methoxy groups -OCH3 is 1. The Bertz CT molecular complexity index is 833. The Balaban J connectivity index is 1.79. The summed E-state index contributed by atoms with van der Waals surface area (Å²) in [5.74, 6) is -1.43. The molecule has 1 aromatic carbocycles. The Morgan fingerprint density at radius 3 is 2.69 bits per heavy atom. The van der Waals surface area contributed by atoms with Crippen LogP contribution in [0.2, 0.25) is 0 Å². The maximum Gasteiger partial charge on any atom is 0.341 e. The second-order valence-corrected chi connectivity index (χ2v) is 7.19. The number of carbonyl (C=O) groups excluding carboxylic acids is 2. The van der Waals surface area contributed by atoms with Gasteiger partial charge < -0.3 is 14.8 Å². The van der Waals surface area contributed by atoms with E-state index in [4.69, 9.17) is 9.47 Å². The monoisotopic (exact) mass is 377 g/mol. The van der Waals surface area contributed by atoms with Crippen LogP contribution in [0.1, 0.15) is 40.6 Å². The van der Waals surface area contributed by atoms with Crippen LogP contribution in [0.3, 0.4) is 0 Å². The largest absolute Gasteiger partial charge is 0.478 e. The lowest BCUT2D eigenvalue weighted by Gasteiger charge is -2.15. The van der Waals surface area contributed by atoms with Crippen LogP contribution >= 0.6 is 11.3 Å². The number of anilines is 1. The van der Waals surface area contributed by atoms with Gasteiger partial charge in [0.05, 0.1) is 12.7 Å². The fourth-order valence-corrected chi connectivity index (χ4v) is 4.25. The third-order valence-electron chi connectivity index (χ3n) is 4.31. The minimum absolute atomic E-state index is 0.00816. The van der Waals surface area contributed by atoms with Crippen LogP contribution in [0.4, 0.5) is 9.39 Å². The number of hydrogen-bond acceptors (Lipinski definition) is 5. The molecule has 0 fully saturated rings. The van der Waals surface area contributed by atoms with E-state index in [0.29, 0.717) is 10.6 Å². The number of amides is 1. The molecule has 5 nitrogen and oxygen atoms in total. The highest BCUT2D eigenvalue weighted by Crippen LogP contribution is 2.38. The van der Waals surface area contributed by atoms with Gasteiger partial charge in [-0.2, -0.15) is 0 Å². The van der Waals surface area contributed by atoms with Gasteiger partial charge in [0, 0.05) is 4.88 Å². The lowest BCUT2D eigenvalue weighted by Crippen LogP contribution is -2.30. The predicted molar refractivity (Wildman–Crippen MR) is 97.4 cm³/mol. The molecule has 1 heterocycles.